The molecule has 1 aromatic carbocycles. The van der Waals surface area contributed by atoms with E-state index in [1.807, 2.05) is 6.07 Å². The van der Waals surface area contributed by atoms with Gasteiger partial charge in [0.15, 0.2) is 0 Å². The van der Waals surface area contributed by atoms with Crippen LogP contribution in [0.1, 0.15) is 0 Å². The average Bonchev–Trinajstić information content (AvgIpc) is 2.01. The Morgan fingerprint density at radius 2 is 1.93 bits per heavy atom. The molecule has 2 N–H and O–H groups in total. The highest BCUT2D eigenvalue weighted by Gasteiger charge is 2.00. The molecule has 1 amide bonds. The van der Waals surface area contributed by atoms with Gasteiger partial charge in [-0.05, 0) is 18.2 Å². The number of carbonyl (C=O) groups is 1. The average molecular weight is 322 g/mol. The number of oxime groups is 1. The lowest BCUT2D eigenvalue weighted by molar-refractivity contribution is -0.110. The van der Waals surface area contributed by atoms with Gasteiger partial charge < -0.3 is 10.5 Å². The van der Waals surface area contributed by atoms with Crippen LogP contribution in [0.15, 0.2) is 32.3 Å². The van der Waals surface area contributed by atoms with Crippen LogP contribution in [0.5, 0.6) is 0 Å². The summed E-state index contributed by atoms with van der Waals surface area (Å²) in [5.41, 5.74) is 0.608. The van der Waals surface area contributed by atoms with Gasteiger partial charge in [-0.3, -0.25) is 4.79 Å². The third kappa shape index (κ3) is 3.47. The molecule has 1 aromatic rings. The number of carbonyl (C=O) groups excluding carboxylic acids is 1. The Balaban J connectivity index is 2.81. The van der Waals surface area contributed by atoms with E-state index in [1.54, 1.807) is 12.1 Å². The van der Waals surface area contributed by atoms with Gasteiger partial charge >= 0.3 is 0 Å². The number of halogens is 2. The van der Waals surface area contributed by atoms with Crippen molar-refractivity contribution in [2.24, 2.45) is 5.16 Å². The zero-order valence-electron chi connectivity index (χ0n) is 6.87. The van der Waals surface area contributed by atoms with Crippen molar-refractivity contribution in [2.45, 2.75) is 0 Å². The van der Waals surface area contributed by atoms with Gasteiger partial charge in [0, 0.05) is 14.6 Å². The summed E-state index contributed by atoms with van der Waals surface area (Å²) in [6.45, 7) is 0. The van der Waals surface area contributed by atoms with E-state index in [4.69, 9.17) is 5.21 Å². The summed E-state index contributed by atoms with van der Waals surface area (Å²) in [6.07, 6.45) is 0.787. The van der Waals surface area contributed by atoms with Crippen molar-refractivity contribution < 1.29 is 10.0 Å². The molecular weight excluding hydrogens is 316 g/mol. The van der Waals surface area contributed by atoms with Gasteiger partial charge in [0.2, 0.25) is 0 Å². The van der Waals surface area contributed by atoms with Gasteiger partial charge in [-0.25, -0.2) is 0 Å². The first-order chi connectivity index (χ1) is 6.61. The Hall–Kier alpha value is -0.880. The number of hydrogen-bond donors (Lipinski definition) is 2. The summed E-state index contributed by atoms with van der Waals surface area (Å²) in [4.78, 5) is 11.0. The molecule has 0 saturated carbocycles. The molecule has 0 aliphatic carbocycles. The molecule has 0 bridgehead atoms. The van der Waals surface area contributed by atoms with E-state index in [2.05, 4.69) is 42.3 Å². The quantitative estimate of drug-likeness (QED) is 0.499. The van der Waals surface area contributed by atoms with Gasteiger partial charge in [0.25, 0.3) is 5.91 Å². The van der Waals surface area contributed by atoms with Crippen molar-refractivity contribution in [1.82, 2.24) is 0 Å². The number of benzene rings is 1. The van der Waals surface area contributed by atoms with Gasteiger partial charge in [0.05, 0.1) is 0 Å². The van der Waals surface area contributed by atoms with Crippen molar-refractivity contribution in [3.8, 4) is 0 Å². The maximum atomic E-state index is 11.0. The van der Waals surface area contributed by atoms with Crippen LogP contribution in [0.3, 0.4) is 0 Å². The second-order valence-electron chi connectivity index (χ2n) is 2.39. The molecule has 0 aliphatic heterocycles. The fourth-order valence-electron chi connectivity index (χ4n) is 0.853. The predicted molar refractivity (Wildman–Crippen MR) is 60.8 cm³/mol. The Morgan fingerprint density at radius 1 is 1.36 bits per heavy atom. The molecule has 14 heavy (non-hydrogen) atoms. The monoisotopic (exact) mass is 320 g/mol. The smallest absolute Gasteiger partial charge is 0.270 e. The highest BCUT2D eigenvalue weighted by molar-refractivity contribution is 9.11. The Morgan fingerprint density at radius 3 is 2.43 bits per heavy atom. The molecule has 0 atom stereocenters. The predicted octanol–water partition coefficient (Wildman–Crippen LogP) is 2.61. The number of nitrogens with zero attached hydrogens (tertiary/aromatic N) is 1. The number of amides is 1. The molecular formula is C8H6Br2N2O2. The van der Waals surface area contributed by atoms with Crippen molar-refractivity contribution in [3.63, 3.8) is 0 Å². The molecule has 4 nitrogen and oxygen atoms in total. The summed E-state index contributed by atoms with van der Waals surface area (Å²) in [6, 6.07) is 5.30. The fraction of sp³-hybridized carbons (Fsp3) is 0. The van der Waals surface area contributed by atoms with E-state index >= 15 is 0 Å². The van der Waals surface area contributed by atoms with Gasteiger partial charge in [-0.2, -0.15) is 0 Å². The molecule has 74 valence electrons. The number of rotatable bonds is 2. The lowest BCUT2D eigenvalue weighted by Gasteiger charge is -2.02. The standard InChI is InChI=1S/C8H6Br2N2O2/c9-5-1-6(10)3-7(2-5)12-8(13)4-11-14/h1-4,14H,(H,12,13)/b11-4+. The fourth-order valence-corrected chi connectivity index (χ4v) is 2.15. The lowest BCUT2D eigenvalue weighted by atomic mass is 10.3. The maximum absolute atomic E-state index is 11.0. The van der Waals surface area contributed by atoms with Crippen LogP contribution in [0.25, 0.3) is 0 Å². The molecule has 0 spiro atoms. The Labute approximate surface area is 97.3 Å². The number of nitrogens with one attached hydrogen (secondary N) is 1. The summed E-state index contributed by atoms with van der Waals surface area (Å²) in [7, 11) is 0. The van der Waals surface area contributed by atoms with Crippen LogP contribution < -0.4 is 5.32 Å². The summed E-state index contributed by atoms with van der Waals surface area (Å²) >= 11 is 6.56. The SMILES string of the molecule is O=C(/C=N/O)Nc1cc(Br)cc(Br)c1. The zero-order valence-corrected chi connectivity index (χ0v) is 10.0. The minimum absolute atomic E-state index is 0.488. The topological polar surface area (TPSA) is 61.7 Å². The van der Waals surface area contributed by atoms with E-state index in [0.29, 0.717) is 5.69 Å². The zero-order chi connectivity index (χ0) is 10.6. The van der Waals surface area contributed by atoms with E-state index in [0.717, 1.165) is 15.2 Å². The van der Waals surface area contributed by atoms with E-state index in [-0.39, 0.29) is 0 Å². The van der Waals surface area contributed by atoms with E-state index in [1.165, 1.54) is 0 Å². The minimum atomic E-state index is -0.488. The molecule has 0 aliphatic rings. The first kappa shape index (κ1) is 11.2. The van der Waals surface area contributed by atoms with Crippen molar-refractivity contribution in [2.75, 3.05) is 5.32 Å². The normalized spacial score (nSPS) is 10.4. The van der Waals surface area contributed by atoms with Crippen LogP contribution >= 0.6 is 31.9 Å². The molecule has 0 radical (unpaired) electrons. The van der Waals surface area contributed by atoms with Crippen LogP contribution in [0, 0.1) is 0 Å². The highest BCUT2D eigenvalue weighted by atomic mass is 79.9. The van der Waals surface area contributed by atoms with Gasteiger partial charge in [0.1, 0.15) is 6.21 Å². The number of hydrogen-bond acceptors (Lipinski definition) is 3. The van der Waals surface area contributed by atoms with Crippen molar-refractivity contribution in [3.05, 3.63) is 27.1 Å². The van der Waals surface area contributed by atoms with Crippen LogP contribution in [-0.4, -0.2) is 17.3 Å². The van der Waals surface area contributed by atoms with Gasteiger partial charge in [-0.1, -0.05) is 37.0 Å². The van der Waals surface area contributed by atoms with E-state index in [9.17, 15) is 4.79 Å². The van der Waals surface area contributed by atoms with Gasteiger partial charge in [-0.15, -0.1) is 0 Å². The first-order valence-electron chi connectivity index (χ1n) is 3.56. The van der Waals surface area contributed by atoms with Crippen LogP contribution in [-0.2, 0) is 4.79 Å². The second-order valence-corrected chi connectivity index (χ2v) is 4.22. The molecule has 1 rings (SSSR count). The molecule has 0 aromatic heterocycles. The molecule has 0 heterocycles. The van der Waals surface area contributed by atoms with E-state index < -0.39 is 5.91 Å². The van der Waals surface area contributed by atoms with Crippen LogP contribution in [0.4, 0.5) is 5.69 Å². The lowest BCUT2D eigenvalue weighted by Crippen LogP contribution is -2.12. The minimum Gasteiger partial charge on any atom is -0.411 e. The second kappa shape index (κ2) is 5.11. The Kier molecular flexibility index (Phi) is 4.09. The van der Waals surface area contributed by atoms with Crippen molar-refractivity contribution in [1.29, 1.82) is 0 Å². The Bertz CT molecular complexity index is 359. The third-order valence-electron chi connectivity index (χ3n) is 1.31. The molecule has 0 fully saturated rings. The summed E-state index contributed by atoms with van der Waals surface area (Å²) < 4.78 is 1.67. The third-order valence-corrected chi connectivity index (χ3v) is 2.22. The molecule has 0 saturated heterocycles. The molecule has 0 unspecified atom stereocenters. The van der Waals surface area contributed by atoms with Crippen LogP contribution in [0.2, 0.25) is 0 Å². The largest absolute Gasteiger partial charge is 0.411 e. The summed E-state index contributed by atoms with van der Waals surface area (Å²) in [5, 5.41) is 13.2. The highest BCUT2D eigenvalue weighted by Crippen LogP contribution is 2.22. The van der Waals surface area contributed by atoms with Crippen molar-refractivity contribution >= 4 is 49.7 Å². The number of anilines is 1. The molecule has 6 heteroatoms. The maximum Gasteiger partial charge on any atom is 0.270 e. The first-order valence-corrected chi connectivity index (χ1v) is 5.15. The summed E-state index contributed by atoms with van der Waals surface area (Å²) in [5.74, 6) is -0.488.